The van der Waals surface area contributed by atoms with E-state index in [0.717, 1.165) is 32.3 Å². The van der Waals surface area contributed by atoms with Gasteiger partial charge in [-0.1, -0.05) is 41.9 Å². The van der Waals surface area contributed by atoms with E-state index in [9.17, 15) is 9.59 Å². The molecule has 2 aliphatic rings. The summed E-state index contributed by atoms with van der Waals surface area (Å²) in [5.74, 6) is 0.306. The summed E-state index contributed by atoms with van der Waals surface area (Å²) in [4.78, 5) is 30.8. The molecule has 0 amide bonds. The maximum Gasteiger partial charge on any atom is 0.357 e. The summed E-state index contributed by atoms with van der Waals surface area (Å²) in [7, 11) is 0. The van der Waals surface area contributed by atoms with Crippen LogP contribution in [-0.2, 0) is 0 Å². The molecule has 2 heterocycles. The molecule has 3 aromatic carbocycles. The molecule has 0 aromatic heterocycles. The van der Waals surface area contributed by atoms with Gasteiger partial charge in [0.15, 0.2) is 5.82 Å². The minimum atomic E-state index is -0.623. The highest BCUT2D eigenvalue weighted by Crippen LogP contribution is 2.30. The van der Waals surface area contributed by atoms with Gasteiger partial charge in [0.2, 0.25) is 0 Å². The first-order chi connectivity index (χ1) is 14.9. The van der Waals surface area contributed by atoms with E-state index in [1.165, 1.54) is 0 Å². The number of benzene rings is 3. The molecule has 0 unspecified atom stereocenters. The van der Waals surface area contributed by atoms with E-state index in [1.807, 2.05) is 54.8 Å². The molecule has 0 fully saturated rings. The van der Waals surface area contributed by atoms with Crippen molar-refractivity contribution in [1.29, 1.82) is 0 Å². The predicted molar refractivity (Wildman–Crippen MR) is 124 cm³/mol. The number of hydrogen-bond donors (Lipinski definition) is 0. The van der Waals surface area contributed by atoms with E-state index < -0.39 is 11.2 Å². The zero-order valence-electron chi connectivity index (χ0n) is 17.0. The summed E-state index contributed by atoms with van der Waals surface area (Å²) >= 11 is 6.29. The Morgan fingerprint density at radius 1 is 0.774 bits per heavy atom. The zero-order valence-corrected chi connectivity index (χ0v) is 17.7. The molecular weight excluding hydrogens is 410 g/mol. The van der Waals surface area contributed by atoms with Gasteiger partial charge in [0, 0.05) is 10.7 Å². The van der Waals surface area contributed by atoms with E-state index >= 15 is 0 Å². The average molecular weight is 428 g/mol. The topological polar surface area (TPSA) is 56.9 Å². The van der Waals surface area contributed by atoms with Crippen molar-refractivity contribution >= 4 is 22.5 Å². The predicted octanol–water partition coefficient (Wildman–Crippen LogP) is 4.91. The van der Waals surface area contributed by atoms with Gasteiger partial charge in [0.25, 0.3) is 5.56 Å². The Hall–Kier alpha value is -3.70. The van der Waals surface area contributed by atoms with Crippen molar-refractivity contribution in [3.63, 3.8) is 0 Å². The van der Waals surface area contributed by atoms with Crippen molar-refractivity contribution in [2.24, 2.45) is 0 Å². The van der Waals surface area contributed by atoms with Crippen LogP contribution in [0.4, 0.5) is 0 Å². The Bertz CT molecular complexity index is 1550. The summed E-state index contributed by atoms with van der Waals surface area (Å²) in [6.07, 6.45) is 0. The summed E-state index contributed by atoms with van der Waals surface area (Å²) in [6, 6.07) is 22.1. The molecule has 0 saturated carbocycles. The van der Waals surface area contributed by atoms with Crippen molar-refractivity contribution in [3.8, 4) is 22.8 Å². The summed E-state index contributed by atoms with van der Waals surface area (Å²) < 4.78 is 2.94. The van der Waals surface area contributed by atoms with Gasteiger partial charge >= 0.3 is 5.69 Å². The lowest BCUT2D eigenvalue weighted by atomic mass is 10.1. The van der Waals surface area contributed by atoms with Gasteiger partial charge in [-0.25, -0.2) is 9.36 Å². The van der Waals surface area contributed by atoms with Gasteiger partial charge in [-0.15, -0.1) is 0 Å². The fourth-order valence-corrected chi connectivity index (χ4v) is 4.00. The average Bonchev–Trinajstić information content (AvgIpc) is 2.75. The van der Waals surface area contributed by atoms with Crippen molar-refractivity contribution in [1.82, 2.24) is 14.1 Å². The monoisotopic (exact) mass is 427 g/mol. The first kappa shape index (κ1) is 19.3. The first-order valence-electron chi connectivity index (χ1n) is 9.85. The van der Waals surface area contributed by atoms with E-state index in [1.54, 1.807) is 36.4 Å². The number of aromatic nitrogens is 3. The number of aryl methyl sites for hydroxylation is 2. The molecule has 5 rings (SSSR count). The minimum absolute atomic E-state index is 0.306. The highest BCUT2D eigenvalue weighted by Gasteiger charge is 2.21. The van der Waals surface area contributed by atoms with E-state index in [4.69, 9.17) is 11.6 Å². The summed E-state index contributed by atoms with van der Waals surface area (Å²) in [6.45, 7) is 4.06. The van der Waals surface area contributed by atoms with Crippen LogP contribution in [-0.4, -0.2) is 14.1 Å². The highest BCUT2D eigenvalue weighted by molar-refractivity contribution is 6.31. The number of fused-ring (bicyclic) bond motifs is 2. The van der Waals surface area contributed by atoms with E-state index in [0.29, 0.717) is 22.1 Å². The number of para-hydroxylation sites is 1. The molecule has 5 nitrogen and oxygen atoms in total. The lowest BCUT2D eigenvalue weighted by Crippen LogP contribution is -2.36. The van der Waals surface area contributed by atoms with Crippen LogP contribution in [0.5, 0.6) is 0 Å². The molecule has 0 N–H and O–H groups in total. The smallest absolute Gasteiger partial charge is 0.294 e. The van der Waals surface area contributed by atoms with Crippen LogP contribution in [0, 0.1) is 13.8 Å². The molecule has 2 aliphatic heterocycles. The molecule has 0 bridgehead atoms. The van der Waals surface area contributed by atoms with Gasteiger partial charge in [-0.2, -0.15) is 4.98 Å². The summed E-state index contributed by atoms with van der Waals surface area (Å²) in [5, 5.41) is 1.39. The maximum absolute atomic E-state index is 13.4. The standard InChI is InChI=1S/C25H18ClN3O2/c1-15-8-11-20(12-16(15)2)28-22-14-18(26)10-9-17(22)13-21-23(28)27-25(31)29(24(21)30)19-6-4-3-5-7-19/h3-14H,1-2H3. The highest BCUT2D eigenvalue weighted by atomic mass is 35.5. The van der Waals surface area contributed by atoms with Crippen LogP contribution in [0.1, 0.15) is 11.1 Å². The van der Waals surface area contributed by atoms with Crippen LogP contribution in [0.25, 0.3) is 33.7 Å². The van der Waals surface area contributed by atoms with Crippen LogP contribution < -0.4 is 11.2 Å². The number of halogens is 1. The van der Waals surface area contributed by atoms with Crippen molar-refractivity contribution in [2.45, 2.75) is 13.8 Å². The Labute approximate surface area is 183 Å². The SMILES string of the molecule is Cc1ccc(-n2c3nc(=O)n(-c4ccccc4)c(=O)c-3cc3ccc(Cl)cc32)cc1C. The molecule has 0 saturated heterocycles. The molecule has 0 atom stereocenters. The number of nitrogens with zero attached hydrogens (tertiary/aromatic N) is 3. The largest absolute Gasteiger partial charge is 0.357 e. The van der Waals surface area contributed by atoms with Crippen molar-refractivity contribution < 1.29 is 0 Å². The van der Waals surface area contributed by atoms with Crippen molar-refractivity contribution in [3.05, 3.63) is 110 Å². The molecule has 152 valence electrons. The zero-order chi connectivity index (χ0) is 21.7. The maximum atomic E-state index is 13.4. The molecule has 0 spiro atoms. The normalized spacial score (nSPS) is 11.3. The molecule has 0 radical (unpaired) electrons. The number of rotatable bonds is 2. The first-order valence-corrected chi connectivity index (χ1v) is 10.2. The van der Waals surface area contributed by atoms with E-state index in [-0.39, 0.29) is 0 Å². The second-order valence-electron chi connectivity index (χ2n) is 7.56. The Morgan fingerprint density at radius 3 is 2.29 bits per heavy atom. The molecule has 6 heteroatoms. The van der Waals surface area contributed by atoms with Crippen LogP contribution >= 0.6 is 11.6 Å². The molecule has 0 aliphatic carbocycles. The van der Waals surface area contributed by atoms with Crippen LogP contribution in [0.2, 0.25) is 5.02 Å². The fraction of sp³-hybridized carbons (Fsp3) is 0.0800. The van der Waals surface area contributed by atoms with Gasteiger partial charge in [0.05, 0.1) is 16.8 Å². The molecule has 3 aromatic rings. The number of hydrogen-bond acceptors (Lipinski definition) is 3. The minimum Gasteiger partial charge on any atom is -0.294 e. The second-order valence-corrected chi connectivity index (χ2v) is 8.00. The Morgan fingerprint density at radius 2 is 1.55 bits per heavy atom. The third-order valence-corrected chi connectivity index (χ3v) is 5.81. The third-order valence-electron chi connectivity index (χ3n) is 5.58. The summed E-state index contributed by atoms with van der Waals surface area (Å²) in [5.41, 5.74) is 3.64. The van der Waals surface area contributed by atoms with E-state index in [2.05, 4.69) is 4.98 Å². The van der Waals surface area contributed by atoms with Gasteiger partial charge < -0.3 is 0 Å². The van der Waals surface area contributed by atoms with Crippen LogP contribution in [0.3, 0.4) is 0 Å². The molecular formula is C25H18ClN3O2. The Kier molecular flexibility index (Phi) is 4.49. The van der Waals surface area contributed by atoms with Crippen molar-refractivity contribution in [2.75, 3.05) is 0 Å². The third kappa shape index (κ3) is 3.14. The van der Waals surface area contributed by atoms with Gasteiger partial charge in [-0.3, -0.25) is 9.36 Å². The van der Waals surface area contributed by atoms with Gasteiger partial charge in [-0.05, 0) is 72.8 Å². The fourth-order valence-electron chi connectivity index (χ4n) is 3.83. The van der Waals surface area contributed by atoms with Crippen LogP contribution in [0.15, 0.2) is 82.4 Å². The quantitative estimate of drug-likeness (QED) is 0.376. The number of pyridine rings is 1. The molecule has 31 heavy (non-hydrogen) atoms. The lowest BCUT2D eigenvalue weighted by molar-refractivity contribution is 0.853. The van der Waals surface area contributed by atoms with Gasteiger partial charge in [0.1, 0.15) is 0 Å². The Balaban J connectivity index is 1.96. The lowest BCUT2D eigenvalue weighted by Gasteiger charge is -2.20. The second kappa shape index (κ2) is 7.22.